The highest BCUT2D eigenvalue weighted by atomic mass is 16.5. The van der Waals surface area contributed by atoms with Crippen molar-refractivity contribution in [1.29, 1.82) is 0 Å². The molecule has 1 heterocycles. The van der Waals surface area contributed by atoms with E-state index in [9.17, 15) is 5.21 Å². The molecule has 1 saturated carbocycles. The van der Waals surface area contributed by atoms with Crippen molar-refractivity contribution in [3.05, 3.63) is 5.21 Å². The molecule has 0 aromatic carbocycles. The van der Waals surface area contributed by atoms with Gasteiger partial charge in [0.05, 0.1) is 0 Å². The van der Waals surface area contributed by atoms with Gasteiger partial charge in [0, 0.05) is 19.3 Å². The summed E-state index contributed by atoms with van der Waals surface area (Å²) in [5, 5.41) is 12.1. The molecule has 3 nitrogen and oxygen atoms in total. The van der Waals surface area contributed by atoms with Gasteiger partial charge in [0.1, 0.15) is 0 Å². The van der Waals surface area contributed by atoms with Gasteiger partial charge in [0.15, 0.2) is 0 Å². The summed E-state index contributed by atoms with van der Waals surface area (Å²) in [7, 11) is 0. The van der Waals surface area contributed by atoms with Crippen molar-refractivity contribution in [2.45, 2.75) is 31.7 Å². The second-order valence-electron chi connectivity index (χ2n) is 3.60. The standard InChI is InChI=1S/C8H15N2O/c11-10-6-5-9(7-10)8-3-1-2-4-8/h8H,1-7H2/q-1. The first kappa shape index (κ1) is 7.53. The molecule has 0 radical (unpaired) electrons. The molecular weight excluding hydrogens is 140 g/mol. The Balaban J connectivity index is 1.85. The first-order valence-electron chi connectivity index (χ1n) is 4.52. The molecule has 2 fully saturated rings. The molecule has 1 aliphatic carbocycles. The van der Waals surface area contributed by atoms with Gasteiger partial charge in [-0.2, -0.15) is 0 Å². The summed E-state index contributed by atoms with van der Waals surface area (Å²) < 4.78 is 0. The molecule has 0 aromatic rings. The minimum absolute atomic E-state index is 0.657. The molecule has 1 aliphatic heterocycles. The van der Waals surface area contributed by atoms with Crippen LogP contribution in [-0.2, 0) is 0 Å². The smallest absolute Gasteiger partial charge is 0.0395 e. The van der Waals surface area contributed by atoms with Crippen molar-refractivity contribution >= 4 is 0 Å². The number of hydrogen-bond donors (Lipinski definition) is 0. The molecule has 64 valence electrons. The van der Waals surface area contributed by atoms with E-state index in [4.69, 9.17) is 0 Å². The summed E-state index contributed by atoms with van der Waals surface area (Å²) in [6.45, 7) is 2.37. The van der Waals surface area contributed by atoms with Crippen molar-refractivity contribution in [3.63, 3.8) is 0 Å². The highest BCUT2D eigenvalue weighted by Crippen LogP contribution is 2.24. The Morgan fingerprint density at radius 2 is 1.82 bits per heavy atom. The first-order valence-corrected chi connectivity index (χ1v) is 4.52. The average molecular weight is 155 g/mol. The second-order valence-corrected chi connectivity index (χ2v) is 3.60. The van der Waals surface area contributed by atoms with Gasteiger partial charge in [0.25, 0.3) is 0 Å². The van der Waals surface area contributed by atoms with Gasteiger partial charge in [0.2, 0.25) is 0 Å². The molecule has 11 heavy (non-hydrogen) atoms. The summed E-state index contributed by atoms with van der Waals surface area (Å²) in [6.07, 6.45) is 5.35. The summed E-state index contributed by atoms with van der Waals surface area (Å²) in [5.74, 6) is 0. The maximum absolute atomic E-state index is 10.9. The molecule has 3 heteroatoms. The Hall–Kier alpha value is -0.120. The lowest BCUT2D eigenvalue weighted by molar-refractivity contribution is 0.217. The van der Waals surface area contributed by atoms with Gasteiger partial charge in [-0.15, -0.1) is 0 Å². The average Bonchev–Trinajstić information content (AvgIpc) is 2.55. The van der Waals surface area contributed by atoms with Crippen molar-refractivity contribution < 1.29 is 0 Å². The summed E-state index contributed by atoms with van der Waals surface area (Å²) in [6, 6.07) is 0.731. The van der Waals surface area contributed by atoms with Crippen LogP contribution in [0.1, 0.15) is 25.7 Å². The second kappa shape index (κ2) is 3.09. The van der Waals surface area contributed by atoms with Crippen molar-refractivity contribution in [1.82, 2.24) is 9.96 Å². The maximum atomic E-state index is 10.9. The molecule has 0 atom stereocenters. The highest BCUT2D eigenvalue weighted by Gasteiger charge is 2.25. The van der Waals surface area contributed by atoms with Crippen LogP contribution in [0.3, 0.4) is 0 Å². The molecule has 2 aliphatic rings. The zero-order chi connectivity index (χ0) is 7.68. The predicted molar refractivity (Wildman–Crippen MR) is 43.9 cm³/mol. The van der Waals surface area contributed by atoms with Crippen molar-refractivity contribution in [2.24, 2.45) is 0 Å². The minimum atomic E-state index is 0.657. The zero-order valence-electron chi connectivity index (χ0n) is 6.83. The van der Waals surface area contributed by atoms with E-state index >= 15 is 0 Å². The van der Waals surface area contributed by atoms with Gasteiger partial charge >= 0.3 is 0 Å². The van der Waals surface area contributed by atoms with Crippen LogP contribution in [0.5, 0.6) is 0 Å². The van der Waals surface area contributed by atoms with Crippen molar-refractivity contribution in [2.75, 3.05) is 19.8 Å². The van der Waals surface area contributed by atoms with Crippen LogP contribution < -0.4 is 0 Å². The number of hydroxylamine groups is 2. The van der Waals surface area contributed by atoms with Crippen LogP contribution in [0.2, 0.25) is 0 Å². The molecule has 1 saturated heterocycles. The molecule has 0 aromatic heterocycles. The molecule has 0 bridgehead atoms. The Labute approximate surface area is 67.6 Å². The quantitative estimate of drug-likeness (QED) is 0.566. The lowest BCUT2D eigenvalue weighted by Crippen LogP contribution is -2.31. The normalized spacial score (nSPS) is 30.3. The fraction of sp³-hybridized carbons (Fsp3) is 1.00. The third-order valence-electron chi connectivity index (χ3n) is 2.82. The molecule has 0 amide bonds. The Morgan fingerprint density at radius 3 is 2.36 bits per heavy atom. The third-order valence-corrected chi connectivity index (χ3v) is 2.82. The largest absolute Gasteiger partial charge is 0.784 e. The lowest BCUT2D eigenvalue weighted by atomic mass is 10.2. The minimum Gasteiger partial charge on any atom is -0.784 e. The molecule has 2 rings (SSSR count). The Kier molecular flexibility index (Phi) is 2.11. The monoisotopic (exact) mass is 155 g/mol. The fourth-order valence-corrected chi connectivity index (χ4v) is 2.15. The third kappa shape index (κ3) is 1.55. The summed E-state index contributed by atoms with van der Waals surface area (Å²) in [4.78, 5) is 2.33. The van der Waals surface area contributed by atoms with E-state index in [1.54, 1.807) is 0 Å². The van der Waals surface area contributed by atoms with Crippen molar-refractivity contribution in [3.8, 4) is 0 Å². The van der Waals surface area contributed by atoms with Crippen LogP contribution in [0.15, 0.2) is 0 Å². The SMILES string of the molecule is [O-]N1CCN(C2CCCC2)C1. The van der Waals surface area contributed by atoms with Gasteiger partial charge in [-0.1, -0.05) is 12.8 Å². The van der Waals surface area contributed by atoms with Crippen LogP contribution >= 0.6 is 0 Å². The van der Waals surface area contributed by atoms with E-state index < -0.39 is 0 Å². The Bertz CT molecular complexity index is 134. The maximum Gasteiger partial charge on any atom is 0.0395 e. The van der Waals surface area contributed by atoms with Crippen LogP contribution in [0.25, 0.3) is 0 Å². The van der Waals surface area contributed by atoms with E-state index in [0.717, 1.165) is 19.1 Å². The highest BCUT2D eigenvalue weighted by molar-refractivity contribution is 4.81. The lowest BCUT2D eigenvalue weighted by Gasteiger charge is -2.26. The van der Waals surface area contributed by atoms with Gasteiger partial charge in [-0.3, -0.25) is 4.90 Å². The molecule has 0 unspecified atom stereocenters. The van der Waals surface area contributed by atoms with E-state index in [-0.39, 0.29) is 0 Å². The van der Waals surface area contributed by atoms with Crippen LogP contribution in [0.4, 0.5) is 0 Å². The van der Waals surface area contributed by atoms with E-state index in [1.807, 2.05) is 0 Å². The number of nitrogens with zero attached hydrogens (tertiary/aromatic N) is 2. The molecule has 0 spiro atoms. The molecular formula is C8H15N2O-. The Morgan fingerprint density at radius 1 is 1.09 bits per heavy atom. The van der Waals surface area contributed by atoms with E-state index in [0.29, 0.717) is 6.67 Å². The van der Waals surface area contributed by atoms with Gasteiger partial charge in [-0.25, -0.2) is 0 Å². The van der Waals surface area contributed by atoms with Gasteiger partial charge in [-0.05, 0) is 19.4 Å². The summed E-state index contributed by atoms with van der Waals surface area (Å²) in [5.41, 5.74) is 0. The van der Waals surface area contributed by atoms with Gasteiger partial charge < -0.3 is 10.3 Å². The van der Waals surface area contributed by atoms with Crippen LogP contribution in [-0.4, -0.2) is 35.8 Å². The first-order chi connectivity index (χ1) is 5.36. The topological polar surface area (TPSA) is 29.5 Å². The van der Waals surface area contributed by atoms with Crippen LogP contribution in [0, 0.1) is 5.21 Å². The predicted octanol–water partition coefficient (Wildman–Crippen LogP) is 1.00. The fourth-order valence-electron chi connectivity index (χ4n) is 2.15. The zero-order valence-corrected chi connectivity index (χ0v) is 6.83. The number of hydrogen-bond acceptors (Lipinski definition) is 3. The van der Waals surface area contributed by atoms with E-state index in [1.165, 1.54) is 30.7 Å². The summed E-state index contributed by atoms with van der Waals surface area (Å²) >= 11 is 0. The van der Waals surface area contributed by atoms with E-state index in [2.05, 4.69) is 4.90 Å². The number of rotatable bonds is 1. The molecule has 0 N–H and O–H groups in total.